The van der Waals surface area contributed by atoms with E-state index in [1.54, 1.807) is 6.20 Å². The molecular formula is C32H27N. The summed E-state index contributed by atoms with van der Waals surface area (Å²) in [5.74, 6) is 0. The van der Waals surface area contributed by atoms with Gasteiger partial charge in [0.05, 0.1) is 0 Å². The fourth-order valence-corrected chi connectivity index (χ4v) is 3.67. The predicted octanol–water partition coefficient (Wildman–Crippen LogP) is 8.13. The Balaban J connectivity index is 1.84. The van der Waals surface area contributed by atoms with Crippen LogP contribution in [0.5, 0.6) is 0 Å². The molecule has 0 saturated carbocycles. The Morgan fingerprint density at radius 1 is 0.364 bits per heavy atom. The maximum atomic E-state index is 5.79. The van der Waals surface area contributed by atoms with Crippen LogP contribution in [0.25, 0.3) is 42.5 Å². The van der Waals surface area contributed by atoms with Crippen LogP contribution in [0.3, 0.4) is 0 Å². The summed E-state index contributed by atoms with van der Waals surface area (Å²) in [7, 11) is 0. The number of hydrogen-bond donors (Lipinski definition) is 1. The summed E-state index contributed by atoms with van der Waals surface area (Å²) >= 11 is 0. The maximum absolute atomic E-state index is 5.79. The van der Waals surface area contributed by atoms with Gasteiger partial charge in [-0.05, 0) is 51.2 Å². The van der Waals surface area contributed by atoms with Crippen LogP contribution < -0.4 is 5.73 Å². The molecule has 2 N–H and O–H groups in total. The molecule has 0 amide bonds. The van der Waals surface area contributed by atoms with Crippen LogP contribution in [0.1, 0.15) is 38.9 Å². The molecule has 0 unspecified atom stereocenters. The van der Waals surface area contributed by atoms with Crippen LogP contribution in [0.4, 0.5) is 0 Å². The number of nitrogens with two attached hydrogens (primary N) is 1. The minimum atomic E-state index is 1.08. The summed E-state index contributed by atoms with van der Waals surface area (Å²) in [6.07, 6.45) is 16.6. The van der Waals surface area contributed by atoms with Crippen molar-refractivity contribution in [2.45, 2.75) is 0 Å². The van der Waals surface area contributed by atoms with E-state index < -0.39 is 0 Å². The number of rotatable bonds is 7. The molecule has 33 heavy (non-hydrogen) atoms. The highest BCUT2D eigenvalue weighted by Gasteiger charge is 2.07. The zero-order valence-corrected chi connectivity index (χ0v) is 18.5. The van der Waals surface area contributed by atoms with Crippen LogP contribution in [0, 0.1) is 0 Å². The highest BCUT2D eigenvalue weighted by atomic mass is 14.5. The molecule has 0 heterocycles. The van der Waals surface area contributed by atoms with Gasteiger partial charge in [0.2, 0.25) is 0 Å². The molecule has 4 aromatic rings. The largest absolute Gasteiger partial charge is 0.405 e. The van der Waals surface area contributed by atoms with Gasteiger partial charge in [-0.2, -0.15) is 0 Å². The third kappa shape index (κ3) is 6.09. The Morgan fingerprint density at radius 2 is 0.727 bits per heavy atom. The van der Waals surface area contributed by atoms with Crippen LogP contribution >= 0.6 is 0 Å². The average Bonchev–Trinajstić information content (AvgIpc) is 2.88. The topological polar surface area (TPSA) is 26.0 Å². The first kappa shape index (κ1) is 21.9. The van der Waals surface area contributed by atoms with E-state index >= 15 is 0 Å². The smallest absolute Gasteiger partial charge is 0.00561 e. The van der Waals surface area contributed by atoms with E-state index in [1.165, 1.54) is 5.56 Å². The number of benzene rings is 4. The molecule has 0 spiro atoms. The van der Waals surface area contributed by atoms with E-state index in [0.717, 1.165) is 33.4 Å². The lowest BCUT2D eigenvalue weighted by Crippen LogP contribution is -1.92. The molecule has 1 nitrogen and oxygen atoms in total. The summed E-state index contributed by atoms with van der Waals surface area (Å²) in [4.78, 5) is 0. The van der Waals surface area contributed by atoms with Gasteiger partial charge in [-0.1, -0.05) is 140 Å². The van der Waals surface area contributed by atoms with Crippen molar-refractivity contribution in [3.05, 3.63) is 148 Å². The van der Waals surface area contributed by atoms with Gasteiger partial charge in [0.25, 0.3) is 0 Å². The van der Waals surface area contributed by atoms with Gasteiger partial charge in [0, 0.05) is 0 Å². The van der Waals surface area contributed by atoms with Gasteiger partial charge in [-0.15, -0.1) is 0 Å². The lowest BCUT2D eigenvalue weighted by atomic mass is 9.93. The van der Waals surface area contributed by atoms with Gasteiger partial charge in [-0.25, -0.2) is 0 Å². The molecule has 0 aliphatic rings. The standard InChI is InChI=1S/C32H27N/c33-25-24-30-21-20-29(19-16-26-10-4-1-5-11-26)31(22-17-27-12-6-2-7-13-27)32(30)23-18-28-14-8-3-9-15-28/h1-25H,33H2/b19-16+,22-17+,23-18+,25-24+. The van der Waals surface area contributed by atoms with E-state index in [0.29, 0.717) is 0 Å². The maximum Gasteiger partial charge on any atom is -0.00561 e. The van der Waals surface area contributed by atoms with Crippen molar-refractivity contribution in [1.82, 2.24) is 0 Å². The van der Waals surface area contributed by atoms with Gasteiger partial charge in [0.1, 0.15) is 0 Å². The van der Waals surface area contributed by atoms with Crippen molar-refractivity contribution in [2.75, 3.05) is 0 Å². The average molecular weight is 426 g/mol. The third-order valence-corrected chi connectivity index (χ3v) is 5.37. The Labute approximate surface area is 196 Å². The SMILES string of the molecule is N/C=C/c1ccc(/C=C/c2ccccc2)c(/C=C/c2ccccc2)c1/C=C/c1ccccc1. The molecule has 160 valence electrons. The monoisotopic (exact) mass is 425 g/mol. The van der Waals surface area contributed by atoms with Crippen molar-refractivity contribution in [3.63, 3.8) is 0 Å². The summed E-state index contributed by atoms with van der Waals surface area (Å²) in [5.41, 5.74) is 13.8. The minimum Gasteiger partial charge on any atom is -0.405 e. The van der Waals surface area contributed by atoms with Crippen molar-refractivity contribution in [2.24, 2.45) is 5.73 Å². The molecule has 4 aromatic carbocycles. The molecule has 1 heteroatoms. The summed E-state index contributed by atoms with van der Waals surface area (Å²) in [5, 5.41) is 0. The van der Waals surface area contributed by atoms with E-state index in [2.05, 4.69) is 121 Å². The lowest BCUT2D eigenvalue weighted by molar-refractivity contribution is 1.52. The minimum absolute atomic E-state index is 1.08. The van der Waals surface area contributed by atoms with Crippen LogP contribution in [0.2, 0.25) is 0 Å². The highest BCUT2D eigenvalue weighted by Crippen LogP contribution is 2.27. The summed E-state index contributed by atoms with van der Waals surface area (Å²) in [6, 6.07) is 35.3. The third-order valence-electron chi connectivity index (χ3n) is 5.37. The lowest BCUT2D eigenvalue weighted by Gasteiger charge is -2.11. The van der Waals surface area contributed by atoms with Crippen LogP contribution in [-0.4, -0.2) is 0 Å². The highest BCUT2D eigenvalue weighted by molar-refractivity contribution is 5.88. The van der Waals surface area contributed by atoms with Gasteiger partial charge < -0.3 is 5.73 Å². The van der Waals surface area contributed by atoms with Crippen molar-refractivity contribution >= 4 is 42.5 Å². The van der Waals surface area contributed by atoms with Gasteiger partial charge >= 0.3 is 0 Å². The molecular weight excluding hydrogens is 398 g/mol. The first-order valence-corrected chi connectivity index (χ1v) is 11.1. The zero-order chi connectivity index (χ0) is 22.7. The molecule has 0 fully saturated rings. The first-order valence-electron chi connectivity index (χ1n) is 11.1. The van der Waals surface area contributed by atoms with Gasteiger partial charge in [0.15, 0.2) is 0 Å². The molecule has 0 aromatic heterocycles. The molecule has 0 aliphatic carbocycles. The summed E-state index contributed by atoms with van der Waals surface area (Å²) < 4.78 is 0. The number of hydrogen-bond acceptors (Lipinski definition) is 1. The first-order chi connectivity index (χ1) is 16.3. The fraction of sp³-hybridized carbons (Fsp3) is 0. The zero-order valence-electron chi connectivity index (χ0n) is 18.5. The second kappa shape index (κ2) is 11.3. The van der Waals surface area contributed by atoms with E-state index in [1.807, 2.05) is 24.3 Å². The molecule has 0 aliphatic heterocycles. The molecule has 0 atom stereocenters. The van der Waals surface area contributed by atoms with Crippen LogP contribution in [0.15, 0.2) is 109 Å². The Bertz CT molecular complexity index is 1280. The molecule has 0 radical (unpaired) electrons. The normalized spacial score (nSPS) is 11.9. The predicted molar refractivity (Wildman–Crippen MR) is 146 cm³/mol. The summed E-state index contributed by atoms with van der Waals surface area (Å²) in [6.45, 7) is 0. The van der Waals surface area contributed by atoms with Crippen molar-refractivity contribution in [3.8, 4) is 0 Å². The second-order valence-corrected chi connectivity index (χ2v) is 7.66. The van der Waals surface area contributed by atoms with Crippen LogP contribution in [-0.2, 0) is 0 Å². The Kier molecular flexibility index (Phi) is 7.49. The van der Waals surface area contributed by atoms with Crippen molar-refractivity contribution < 1.29 is 0 Å². The fourth-order valence-electron chi connectivity index (χ4n) is 3.67. The quantitative estimate of drug-likeness (QED) is 0.297. The van der Waals surface area contributed by atoms with E-state index in [9.17, 15) is 0 Å². The molecule has 4 rings (SSSR count). The second-order valence-electron chi connectivity index (χ2n) is 7.66. The molecule has 0 saturated heterocycles. The van der Waals surface area contributed by atoms with E-state index in [4.69, 9.17) is 5.73 Å². The Morgan fingerprint density at radius 3 is 1.12 bits per heavy atom. The van der Waals surface area contributed by atoms with Crippen molar-refractivity contribution in [1.29, 1.82) is 0 Å². The Hall–Kier alpha value is -4.36. The molecule has 0 bridgehead atoms. The van der Waals surface area contributed by atoms with Gasteiger partial charge in [-0.3, -0.25) is 0 Å². The van der Waals surface area contributed by atoms with E-state index in [-0.39, 0.29) is 0 Å².